The highest BCUT2D eigenvalue weighted by molar-refractivity contribution is 7.86. The molecule has 0 heterocycles. The summed E-state index contributed by atoms with van der Waals surface area (Å²) in [6, 6.07) is 0. The Hall–Kier alpha value is -0.390. The topological polar surface area (TPSA) is 63.4 Å². The summed E-state index contributed by atoms with van der Waals surface area (Å²) in [6.07, 6.45) is 1.49. The summed E-state index contributed by atoms with van der Waals surface area (Å²) >= 11 is 0. The van der Waals surface area contributed by atoms with E-state index in [0.717, 1.165) is 4.31 Å². The molecule has 0 unspecified atom stereocenters. The molecule has 0 aromatic heterocycles. The van der Waals surface area contributed by atoms with Crippen LogP contribution in [0.1, 0.15) is 6.92 Å². The summed E-state index contributed by atoms with van der Waals surface area (Å²) in [4.78, 5) is 0. The molecule has 0 bridgehead atoms. The van der Waals surface area contributed by atoms with Crippen molar-refractivity contribution in [2.75, 3.05) is 13.1 Å². The molecule has 0 amide bonds. The zero-order valence-electron chi connectivity index (χ0n) is 5.95. The Balaban J connectivity index is 4.22. The maximum atomic E-state index is 10.6. The minimum Gasteiger partial charge on any atom is -0.216 e. The zero-order chi connectivity index (χ0) is 8.20. The van der Waals surface area contributed by atoms with Gasteiger partial charge in [-0.1, -0.05) is 13.0 Å². The van der Waals surface area contributed by atoms with Crippen LogP contribution in [0, 0.1) is 0 Å². The summed E-state index contributed by atoms with van der Waals surface area (Å²) < 4.78 is 22.3. The van der Waals surface area contributed by atoms with Gasteiger partial charge >= 0.3 is 0 Å². The summed E-state index contributed by atoms with van der Waals surface area (Å²) in [5, 5.41) is 4.83. The Morgan fingerprint density at radius 2 is 2.20 bits per heavy atom. The van der Waals surface area contributed by atoms with Gasteiger partial charge in [0.05, 0.1) is 0 Å². The second-order valence-electron chi connectivity index (χ2n) is 1.78. The first kappa shape index (κ1) is 9.61. The van der Waals surface area contributed by atoms with Crippen molar-refractivity contribution < 1.29 is 8.42 Å². The average Bonchev–Trinajstić information content (AvgIpc) is 1.80. The highest BCUT2D eigenvalue weighted by Gasteiger charge is 2.11. The molecule has 0 aromatic carbocycles. The lowest BCUT2D eigenvalue weighted by molar-refractivity contribution is 0.461. The van der Waals surface area contributed by atoms with E-state index in [1.165, 1.54) is 6.08 Å². The van der Waals surface area contributed by atoms with Gasteiger partial charge in [0.1, 0.15) is 0 Å². The maximum absolute atomic E-state index is 10.6. The molecule has 2 N–H and O–H groups in total. The van der Waals surface area contributed by atoms with Gasteiger partial charge in [-0.25, -0.2) is 5.14 Å². The Morgan fingerprint density at radius 3 is 2.30 bits per heavy atom. The lowest BCUT2D eigenvalue weighted by atomic mass is 10.6. The number of likely N-dealkylation sites (N-methyl/N-ethyl adjacent to an activating group) is 1. The first-order chi connectivity index (χ1) is 4.52. The summed E-state index contributed by atoms with van der Waals surface area (Å²) in [5.74, 6) is 0. The van der Waals surface area contributed by atoms with Gasteiger partial charge in [0.2, 0.25) is 0 Å². The van der Waals surface area contributed by atoms with E-state index in [0.29, 0.717) is 6.54 Å². The fourth-order valence-electron chi connectivity index (χ4n) is 0.557. The van der Waals surface area contributed by atoms with Crippen LogP contribution in [0.5, 0.6) is 0 Å². The van der Waals surface area contributed by atoms with Crippen molar-refractivity contribution in [3.05, 3.63) is 12.7 Å². The van der Waals surface area contributed by atoms with Crippen LogP contribution in [0.3, 0.4) is 0 Å². The number of hydrogen-bond acceptors (Lipinski definition) is 2. The molecule has 4 nitrogen and oxygen atoms in total. The van der Waals surface area contributed by atoms with Crippen LogP contribution in [0.2, 0.25) is 0 Å². The summed E-state index contributed by atoms with van der Waals surface area (Å²) in [5.41, 5.74) is 0. The fourth-order valence-corrected chi connectivity index (χ4v) is 1.23. The van der Waals surface area contributed by atoms with Gasteiger partial charge in [-0.15, -0.1) is 6.58 Å². The number of nitrogens with two attached hydrogens (primary N) is 1. The normalized spacial score (nSPS) is 11.9. The van der Waals surface area contributed by atoms with Crippen LogP contribution < -0.4 is 5.14 Å². The first-order valence-corrected chi connectivity index (χ1v) is 4.41. The van der Waals surface area contributed by atoms with Gasteiger partial charge in [-0.05, 0) is 0 Å². The SMILES string of the molecule is C=CCN(CC)S(N)(=O)=O. The average molecular weight is 164 g/mol. The molecule has 0 radical (unpaired) electrons. The van der Waals surface area contributed by atoms with Crippen LogP contribution in [0.4, 0.5) is 0 Å². The third-order valence-electron chi connectivity index (χ3n) is 1.05. The molecule has 0 spiro atoms. The van der Waals surface area contributed by atoms with Gasteiger partial charge in [-0.3, -0.25) is 0 Å². The van der Waals surface area contributed by atoms with Crippen molar-refractivity contribution in [2.24, 2.45) is 5.14 Å². The highest BCUT2D eigenvalue weighted by atomic mass is 32.2. The van der Waals surface area contributed by atoms with E-state index in [1.54, 1.807) is 6.92 Å². The third kappa shape index (κ3) is 2.95. The second-order valence-corrected chi connectivity index (χ2v) is 3.33. The summed E-state index contributed by atoms with van der Waals surface area (Å²) in [7, 11) is -3.52. The molecule has 0 saturated carbocycles. The summed E-state index contributed by atoms with van der Waals surface area (Å²) in [6.45, 7) is 5.77. The maximum Gasteiger partial charge on any atom is 0.277 e. The van der Waals surface area contributed by atoms with E-state index < -0.39 is 10.2 Å². The Labute approximate surface area is 61.5 Å². The van der Waals surface area contributed by atoms with Crippen molar-refractivity contribution >= 4 is 10.2 Å². The molecule has 0 aliphatic heterocycles. The largest absolute Gasteiger partial charge is 0.277 e. The minimum absolute atomic E-state index is 0.273. The van der Waals surface area contributed by atoms with Crippen molar-refractivity contribution in [2.45, 2.75) is 6.92 Å². The molecule has 0 fully saturated rings. The molecule has 60 valence electrons. The number of rotatable bonds is 4. The monoisotopic (exact) mass is 164 g/mol. The molecule has 0 aliphatic carbocycles. The van der Waals surface area contributed by atoms with Gasteiger partial charge < -0.3 is 0 Å². The fraction of sp³-hybridized carbons (Fsp3) is 0.600. The third-order valence-corrected chi connectivity index (χ3v) is 2.17. The lowest BCUT2D eigenvalue weighted by Crippen LogP contribution is -2.36. The van der Waals surface area contributed by atoms with E-state index in [1.807, 2.05) is 0 Å². The van der Waals surface area contributed by atoms with Crippen molar-refractivity contribution in [3.63, 3.8) is 0 Å². The van der Waals surface area contributed by atoms with E-state index in [2.05, 4.69) is 6.58 Å². The molecule has 0 rings (SSSR count). The minimum atomic E-state index is -3.52. The molecular formula is C5H12N2O2S. The Kier molecular flexibility index (Phi) is 3.55. The molecular weight excluding hydrogens is 152 g/mol. The highest BCUT2D eigenvalue weighted by Crippen LogP contribution is 1.92. The van der Waals surface area contributed by atoms with Gasteiger partial charge in [0, 0.05) is 13.1 Å². The van der Waals surface area contributed by atoms with E-state index in [4.69, 9.17) is 5.14 Å². The van der Waals surface area contributed by atoms with E-state index >= 15 is 0 Å². The van der Waals surface area contributed by atoms with Gasteiger partial charge in [0.25, 0.3) is 10.2 Å². The van der Waals surface area contributed by atoms with E-state index in [-0.39, 0.29) is 6.54 Å². The molecule has 5 heteroatoms. The molecule has 0 saturated heterocycles. The zero-order valence-corrected chi connectivity index (χ0v) is 6.76. The standard InChI is InChI=1S/C5H12N2O2S/c1-3-5-7(4-2)10(6,8)9/h3H,1,4-5H2,2H3,(H2,6,8,9). The first-order valence-electron chi connectivity index (χ1n) is 2.91. The predicted molar refractivity (Wildman–Crippen MR) is 40.6 cm³/mol. The number of hydrogen-bond donors (Lipinski definition) is 1. The quantitative estimate of drug-likeness (QED) is 0.580. The molecule has 0 aliphatic rings. The lowest BCUT2D eigenvalue weighted by Gasteiger charge is -2.13. The van der Waals surface area contributed by atoms with Crippen LogP contribution in [0.15, 0.2) is 12.7 Å². The van der Waals surface area contributed by atoms with Crippen molar-refractivity contribution in [1.82, 2.24) is 4.31 Å². The van der Waals surface area contributed by atoms with E-state index in [9.17, 15) is 8.42 Å². The second kappa shape index (κ2) is 3.70. The molecule has 10 heavy (non-hydrogen) atoms. The van der Waals surface area contributed by atoms with Crippen LogP contribution in [-0.4, -0.2) is 25.8 Å². The predicted octanol–water partition coefficient (Wildman–Crippen LogP) is -0.302. The van der Waals surface area contributed by atoms with Crippen molar-refractivity contribution in [3.8, 4) is 0 Å². The van der Waals surface area contributed by atoms with Crippen LogP contribution in [-0.2, 0) is 10.2 Å². The smallest absolute Gasteiger partial charge is 0.216 e. The van der Waals surface area contributed by atoms with Gasteiger partial charge in [0.15, 0.2) is 0 Å². The Morgan fingerprint density at radius 1 is 1.70 bits per heavy atom. The molecule has 0 aromatic rings. The molecule has 0 atom stereocenters. The van der Waals surface area contributed by atoms with Crippen LogP contribution >= 0.6 is 0 Å². The number of nitrogens with zero attached hydrogens (tertiary/aromatic N) is 1. The van der Waals surface area contributed by atoms with Crippen LogP contribution in [0.25, 0.3) is 0 Å². The van der Waals surface area contributed by atoms with Crippen molar-refractivity contribution in [1.29, 1.82) is 0 Å². The van der Waals surface area contributed by atoms with Gasteiger partial charge in [-0.2, -0.15) is 12.7 Å². The Bertz CT molecular complexity index is 198.